The highest BCUT2D eigenvalue weighted by Gasteiger charge is 2.46. The van der Waals surface area contributed by atoms with Crippen molar-refractivity contribution in [1.29, 1.82) is 0 Å². The highest BCUT2D eigenvalue weighted by molar-refractivity contribution is 5.24. The van der Waals surface area contributed by atoms with Crippen LogP contribution in [0.15, 0.2) is 6.33 Å². The second-order valence-electron chi connectivity index (χ2n) is 7.56. The SMILES string of the molecule is CCCCNc1ncnc(C2CCC(C)(C)N(C)C2(C)C)n1. The van der Waals surface area contributed by atoms with E-state index in [1.54, 1.807) is 6.33 Å². The first-order chi connectivity index (χ1) is 10.3. The Hall–Kier alpha value is -1.23. The van der Waals surface area contributed by atoms with E-state index in [-0.39, 0.29) is 11.1 Å². The minimum Gasteiger partial charge on any atom is -0.354 e. The van der Waals surface area contributed by atoms with E-state index in [1.165, 1.54) is 6.42 Å². The summed E-state index contributed by atoms with van der Waals surface area (Å²) in [6.07, 6.45) is 6.21. The molecular weight excluding hydrogens is 274 g/mol. The number of hydrogen-bond acceptors (Lipinski definition) is 5. The van der Waals surface area contributed by atoms with Crippen molar-refractivity contribution in [2.75, 3.05) is 18.9 Å². The van der Waals surface area contributed by atoms with E-state index in [0.717, 1.165) is 31.6 Å². The zero-order valence-corrected chi connectivity index (χ0v) is 15.0. The van der Waals surface area contributed by atoms with Gasteiger partial charge in [-0.25, -0.2) is 9.97 Å². The Labute approximate surface area is 135 Å². The van der Waals surface area contributed by atoms with E-state index < -0.39 is 0 Å². The van der Waals surface area contributed by atoms with Crippen molar-refractivity contribution in [2.24, 2.45) is 0 Å². The normalized spacial score (nSPS) is 24.2. The number of nitrogens with one attached hydrogen (secondary N) is 1. The van der Waals surface area contributed by atoms with Crippen molar-refractivity contribution in [1.82, 2.24) is 19.9 Å². The van der Waals surface area contributed by atoms with Gasteiger partial charge in [-0.05, 0) is 54.0 Å². The average molecular weight is 305 g/mol. The van der Waals surface area contributed by atoms with Gasteiger partial charge >= 0.3 is 0 Å². The maximum Gasteiger partial charge on any atom is 0.225 e. The standard InChI is InChI=1S/C17H31N5/c1-7-8-11-18-15-20-12-19-14(21-15)13-9-10-16(2,3)22(6)17(13,4)5/h12-13H,7-11H2,1-6H3,(H,18,19,20,21). The van der Waals surface area contributed by atoms with Gasteiger partial charge in [0.1, 0.15) is 12.2 Å². The predicted octanol–water partition coefficient (Wildman–Crippen LogP) is 3.45. The number of likely N-dealkylation sites (N-methyl/N-ethyl adjacent to an activating group) is 1. The molecule has 0 amide bonds. The van der Waals surface area contributed by atoms with Crippen LogP contribution in [0.3, 0.4) is 0 Å². The molecule has 2 heterocycles. The smallest absolute Gasteiger partial charge is 0.225 e. The molecule has 0 bridgehead atoms. The summed E-state index contributed by atoms with van der Waals surface area (Å²) >= 11 is 0. The summed E-state index contributed by atoms with van der Waals surface area (Å²) in [4.78, 5) is 15.9. The summed E-state index contributed by atoms with van der Waals surface area (Å²) in [6.45, 7) is 12.3. The lowest BCUT2D eigenvalue weighted by Gasteiger charge is -2.54. The molecule has 22 heavy (non-hydrogen) atoms. The Morgan fingerprint density at radius 2 is 2.00 bits per heavy atom. The Bertz CT molecular complexity index is 498. The van der Waals surface area contributed by atoms with Gasteiger partial charge in [0.15, 0.2) is 0 Å². The molecule has 2 rings (SSSR count). The number of rotatable bonds is 5. The maximum atomic E-state index is 4.69. The molecule has 0 saturated carbocycles. The first kappa shape index (κ1) is 17.1. The van der Waals surface area contributed by atoms with Gasteiger partial charge in [0.25, 0.3) is 0 Å². The Morgan fingerprint density at radius 3 is 2.68 bits per heavy atom. The van der Waals surface area contributed by atoms with Crippen molar-refractivity contribution < 1.29 is 0 Å². The number of unbranched alkanes of at least 4 members (excludes halogenated alkanes) is 1. The maximum absolute atomic E-state index is 4.69. The molecule has 1 atom stereocenters. The molecular formula is C17H31N5. The van der Waals surface area contributed by atoms with Crippen molar-refractivity contribution in [2.45, 2.75) is 77.3 Å². The predicted molar refractivity (Wildman–Crippen MR) is 91.1 cm³/mol. The van der Waals surface area contributed by atoms with E-state index in [2.05, 4.69) is 66.8 Å². The van der Waals surface area contributed by atoms with Crippen molar-refractivity contribution in [3.8, 4) is 0 Å². The quantitative estimate of drug-likeness (QED) is 0.844. The molecule has 124 valence electrons. The third kappa shape index (κ3) is 3.40. The topological polar surface area (TPSA) is 53.9 Å². The first-order valence-corrected chi connectivity index (χ1v) is 8.46. The first-order valence-electron chi connectivity index (χ1n) is 8.46. The number of nitrogens with zero attached hydrogens (tertiary/aromatic N) is 4. The number of likely N-dealkylation sites (tertiary alicyclic amines) is 1. The second kappa shape index (κ2) is 6.49. The molecule has 0 aromatic carbocycles. The lowest BCUT2D eigenvalue weighted by atomic mass is 9.72. The van der Waals surface area contributed by atoms with Crippen LogP contribution in [-0.4, -0.2) is 44.5 Å². The summed E-state index contributed by atoms with van der Waals surface area (Å²) in [5.74, 6) is 1.96. The zero-order valence-electron chi connectivity index (χ0n) is 15.0. The molecule has 0 radical (unpaired) electrons. The Morgan fingerprint density at radius 1 is 1.27 bits per heavy atom. The van der Waals surface area contributed by atoms with Gasteiger partial charge in [0.05, 0.1) is 0 Å². The molecule has 5 nitrogen and oxygen atoms in total. The highest BCUT2D eigenvalue weighted by Crippen LogP contribution is 2.44. The van der Waals surface area contributed by atoms with Gasteiger partial charge in [0, 0.05) is 23.5 Å². The van der Waals surface area contributed by atoms with Crippen LogP contribution in [0.1, 0.15) is 72.0 Å². The van der Waals surface area contributed by atoms with Crippen LogP contribution in [0.4, 0.5) is 5.95 Å². The third-order valence-electron chi connectivity index (χ3n) is 5.39. The fourth-order valence-corrected chi connectivity index (χ4v) is 3.42. The van der Waals surface area contributed by atoms with Crippen LogP contribution in [0.2, 0.25) is 0 Å². The molecule has 0 aliphatic carbocycles. The van der Waals surface area contributed by atoms with Crippen LogP contribution < -0.4 is 5.32 Å². The van der Waals surface area contributed by atoms with Crippen LogP contribution in [0, 0.1) is 0 Å². The second-order valence-corrected chi connectivity index (χ2v) is 7.56. The summed E-state index contributed by atoms with van der Waals surface area (Å²) in [6, 6.07) is 0. The lowest BCUT2D eigenvalue weighted by Crippen LogP contribution is -2.59. The molecule has 1 aromatic rings. The molecule has 1 aromatic heterocycles. The van der Waals surface area contributed by atoms with Gasteiger partial charge < -0.3 is 5.32 Å². The van der Waals surface area contributed by atoms with Crippen LogP contribution in [-0.2, 0) is 0 Å². The summed E-state index contributed by atoms with van der Waals surface area (Å²) in [7, 11) is 2.22. The van der Waals surface area contributed by atoms with E-state index in [9.17, 15) is 0 Å². The summed E-state index contributed by atoms with van der Waals surface area (Å²) < 4.78 is 0. The Balaban J connectivity index is 2.19. The van der Waals surface area contributed by atoms with Gasteiger partial charge in [-0.3, -0.25) is 4.90 Å². The van der Waals surface area contributed by atoms with Gasteiger partial charge in [-0.15, -0.1) is 0 Å². The number of hydrogen-bond donors (Lipinski definition) is 1. The monoisotopic (exact) mass is 305 g/mol. The Kier molecular flexibility index (Phi) is 5.05. The van der Waals surface area contributed by atoms with E-state index in [0.29, 0.717) is 11.9 Å². The molecule has 1 unspecified atom stereocenters. The molecule has 1 saturated heterocycles. The number of piperidine rings is 1. The molecule has 1 aliphatic heterocycles. The highest BCUT2D eigenvalue weighted by atomic mass is 15.2. The van der Waals surface area contributed by atoms with Gasteiger partial charge in [0.2, 0.25) is 5.95 Å². The fourth-order valence-electron chi connectivity index (χ4n) is 3.42. The minimum absolute atomic E-state index is 0.0315. The van der Waals surface area contributed by atoms with E-state index in [1.807, 2.05) is 0 Å². The van der Waals surface area contributed by atoms with Crippen LogP contribution in [0.25, 0.3) is 0 Å². The summed E-state index contributed by atoms with van der Waals surface area (Å²) in [5.41, 5.74) is 0.249. The third-order valence-corrected chi connectivity index (χ3v) is 5.39. The number of anilines is 1. The molecule has 0 spiro atoms. The van der Waals surface area contributed by atoms with Crippen molar-refractivity contribution in [3.05, 3.63) is 12.2 Å². The molecule has 5 heteroatoms. The van der Waals surface area contributed by atoms with Gasteiger partial charge in [-0.1, -0.05) is 13.3 Å². The van der Waals surface area contributed by atoms with Gasteiger partial charge in [-0.2, -0.15) is 4.98 Å². The summed E-state index contributed by atoms with van der Waals surface area (Å²) in [5, 5.41) is 3.30. The lowest BCUT2D eigenvalue weighted by molar-refractivity contribution is -0.0209. The fraction of sp³-hybridized carbons (Fsp3) is 0.824. The average Bonchev–Trinajstić information content (AvgIpc) is 2.46. The molecule has 1 fully saturated rings. The number of aromatic nitrogens is 3. The van der Waals surface area contributed by atoms with Crippen LogP contribution in [0.5, 0.6) is 0 Å². The van der Waals surface area contributed by atoms with E-state index in [4.69, 9.17) is 0 Å². The minimum atomic E-state index is 0.0315. The zero-order chi connectivity index (χ0) is 16.4. The van der Waals surface area contributed by atoms with E-state index >= 15 is 0 Å². The van der Waals surface area contributed by atoms with Crippen LogP contribution >= 0.6 is 0 Å². The molecule has 1 aliphatic rings. The van der Waals surface area contributed by atoms with Crippen molar-refractivity contribution >= 4 is 5.95 Å². The largest absolute Gasteiger partial charge is 0.354 e. The molecule has 1 N–H and O–H groups in total. The van der Waals surface area contributed by atoms with Crippen molar-refractivity contribution in [3.63, 3.8) is 0 Å².